The first-order chi connectivity index (χ1) is 8.06. The van der Waals surface area contributed by atoms with Gasteiger partial charge in [-0.25, -0.2) is 4.98 Å². The van der Waals surface area contributed by atoms with Crippen LogP contribution >= 0.6 is 34.8 Å². The number of hydrogen-bond donors (Lipinski definition) is 2. The zero-order chi connectivity index (χ0) is 12.4. The molecule has 0 spiro atoms. The number of halogens is 3. The molecule has 0 aliphatic carbocycles. The monoisotopic (exact) mass is 287 g/mol. The minimum atomic E-state index is 0.427. The van der Waals surface area contributed by atoms with Crippen molar-refractivity contribution in [3.05, 3.63) is 45.5 Å². The van der Waals surface area contributed by atoms with Crippen LogP contribution in [0.15, 0.2) is 30.5 Å². The van der Waals surface area contributed by atoms with Gasteiger partial charge in [-0.1, -0.05) is 34.8 Å². The molecule has 3 nitrogen and oxygen atoms in total. The number of nitrogens with zero attached hydrogens (tertiary/aromatic N) is 1. The average molecular weight is 289 g/mol. The topological polar surface area (TPSA) is 50.9 Å². The van der Waals surface area contributed by atoms with E-state index in [-0.39, 0.29) is 0 Å². The maximum atomic E-state index is 6.02. The van der Waals surface area contributed by atoms with Crippen LogP contribution in [0.1, 0.15) is 0 Å². The fourth-order valence-electron chi connectivity index (χ4n) is 1.26. The van der Waals surface area contributed by atoms with E-state index in [1.165, 1.54) is 6.20 Å². The Hall–Kier alpha value is -1.16. The highest BCUT2D eigenvalue weighted by molar-refractivity contribution is 6.36. The molecule has 0 saturated carbocycles. The molecule has 6 heteroatoms. The summed E-state index contributed by atoms with van der Waals surface area (Å²) in [5, 5.41) is 4.49. The Labute approximate surface area is 114 Å². The molecule has 2 rings (SSSR count). The molecule has 0 radical (unpaired) electrons. The molecule has 0 aliphatic heterocycles. The van der Waals surface area contributed by atoms with Gasteiger partial charge in [0.05, 0.1) is 27.6 Å². The van der Waals surface area contributed by atoms with Crippen molar-refractivity contribution in [3.63, 3.8) is 0 Å². The quantitative estimate of drug-likeness (QED) is 0.863. The van der Waals surface area contributed by atoms with Crippen molar-refractivity contribution < 1.29 is 0 Å². The first kappa shape index (κ1) is 12.3. The van der Waals surface area contributed by atoms with E-state index in [1.807, 2.05) is 0 Å². The van der Waals surface area contributed by atoms with E-state index in [4.69, 9.17) is 40.5 Å². The zero-order valence-electron chi connectivity index (χ0n) is 8.55. The van der Waals surface area contributed by atoms with Crippen molar-refractivity contribution in [1.29, 1.82) is 0 Å². The number of pyridine rings is 1. The number of anilines is 3. The van der Waals surface area contributed by atoms with E-state index in [2.05, 4.69) is 10.3 Å². The van der Waals surface area contributed by atoms with Crippen LogP contribution in [0.3, 0.4) is 0 Å². The van der Waals surface area contributed by atoms with Crippen molar-refractivity contribution in [2.75, 3.05) is 11.1 Å². The Balaban J connectivity index is 2.31. The van der Waals surface area contributed by atoms with Crippen LogP contribution in [-0.2, 0) is 0 Å². The predicted molar refractivity (Wildman–Crippen MR) is 73.4 cm³/mol. The second-order valence-electron chi connectivity index (χ2n) is 3.35. The number of aromatic nitrogens is 1. The van der Waals surface area contributed by atoms with Gasteiger partial charge in [-0.2, -0.15) is 0 Å². The molecule has 0 unspecified atom stereocenters. The molecule has 0 saturated heterocycles. The SMILES string of the molecule is Nc1cnc(Nc2ccc(Cl)cc2Cl)c(Cl)c1. The third-order valence-electron chi connectivity index (χ3n) is 2.05. The summed E-state index contributed by atoms with van der Waals surface area (Å²) in [4.78, 5) is 4.08. The Kier molecular flexibility index (Phi) is 3.62. The highest BCUT2D eigenvalue weighted by Crippen LogP contribution is 2.30. The van der Waals surface area contributed by atoms with Crippen LogP contribution in [-0.4, -0.2) is 4.98 Å². The van der Waals surface area contributed by atoms with Crippen molar-refractivity contribution >= 4 is 52.0 Å². The van der Waals surface area contributed by atoms with Crippen LogP contribution < -0.4 is 11.1 Å². The van der Waals surface area contributed by atoms with Crippen LogP contribution in [0.2, 0.25) is 15.1 Å². The Morgan fingerprint density at radius 2 is 1.82 bits per heavy atom. The number of nitrogens with two attached hydrogens (primary N) is 1. The molecule has 0 fully saturated rings. The first-order valence-corrected chi connectivity index (χ1v) is 5.83. The van der Waals surface area contributed by atoms with Crippen LogP contribution in [0.4, 0.5) is 17.2 Å². The Morgan fingerprint density at radius 3 is 2.47 bits per heavy atom. The summed E-state index contributed by atoms with van der Waals surface area (Å²) >= 11 is 17.8. The maximum Gasteiger partial charge on any atom is 0.149 e. The van der Waals surface area contributed by atoms with E-state index in [9.17, 15) is 0 Å². The van der Waals surface area contributed by atoms with Crippen LogP contribution in [0.5, 0.6) is 0 Å². The summed E-state index contributed by atoms with van der Waals surface area (Å²) in [6.45, 7) is 0. The molecule has 0 aliphatic rings. The Morgan fingerprint density at radius 1 is 1.06 bits per heavy atom. The van der Waals surface area contributed by atoms with Gasteiger partial charge in [0.25, 0.3) is 0 Å². The molecule has 1 aromatic heterocycles. The molecule has 0 bridgehead atoms. The van der Waals surface area contributed by atoms with Gasteiger partial charge in [-0.15, -0.1) is 0 Å². The molecule has 0 atom stereocenters. The molecule has 3 N–H and O–H groups in total. The first-order valence-electron chi connectivity index (χ1n) is 4.69. The fourth-order valence-corrected chi connectivity index (χ4v) is 1.94. The third-order valence-corrected chi connectivity index (χ3v) is 2.88. The minimum absolute atomic E-state index is 0.427. The average Bonchev–Trinajstić information content (AvgIpc) is 2.25. The van der Waals surface area contributed by atoms with E-state index < -0.39 is 0 Å². The Bertz CT molecular complexity index is 508. The van der Waals surface area contributed by atoms with Crippen LogP contribution in [0, 0.1) is 0 Å². The molecule has 88 valence electrons. The van der Waals surface area contributed by atoms with Crippen molar-refractivity contribution in [2.24, 2.45) is 0 Å². The lowest BCUT2D eigenvalue weighted by atomic mass is 10.3. The smallest absolute Gasteiger partial charge is 0.149 e. The molecule has 2 aromatic rings. The minimum Gasteiger partial charge on any atom is -0.397 e. The zero-order valence-corrected chi connectivity index (χ0v) is 10.8. The molecule has 1 aromatic carbocycles. The van der Waals surface area contributed by atoms with E-state index in [0.717, 1.165) is 0 Å². The maximum absolute atomic E-state index is 6.02. The molecule has 0 amide bonds. The van der Waals surface area contributed by atoms with Gasteiger partial charge in [0.1, 0.15) is 5.82 Å². The highest BCUT2D eigenvalue weighted by Gasteiger charge is 2.06. The second-order valence-corrected chi connectivity index (χ2v) is 4.60. The largest absolute Gasteiger partial charge is 0.397 e. The van der Waals surface area contributed by atoms with E-state index in [1.54, 1.807) is 24.3 Å². The molecule has 1 heterocycles. The van der Waals surface area contributed by atoms with Gasteiger partial charge in [0, 0.05) is 5.02 Å². The molecular formula is C11H8Cl3N3. The van der Waals surface area contributed by atoms with Gasteiger partial charge < -0.3 is 11.1 Å². The summed E-state index contributed by atoms with van der Waals surface area (Å²) in [5.74, 6) is 0.491. The van der Waals surface area contributed by atoms with Crippen molar-refractivity contribution in [3.8, 4) is 0 Å². The van der Waals surface area contributed by atoms with E-state index in [0.29, 0.717) is 32.3 Å². The van der Waals surface area contributed by atoms with E-state index >= 15 is 0 Å². The lowest BCUT2D eigenvalue weighted by Gasteiger charge is -2.09. The van der Waals surface area contributed by atoms with Gasteiger partial charge in [-0.05, 0) is 24.3 Å². The second kappa shape index (κ2) is 5.00. The van der Waals surface area contributed by atoms with Gasteiger partial charge in [-0.3, -0.25) is 0 Å². The number of nitrogens with one attached hydrogen (secondary N) is 1. The summed E-state index contributed by atoms with van der Waals surface area (Å²) in [6.07, 6.45) is 1.51. The number of rotatable bonds is 2. The lowest BCUT2D eigenvalue weighted by molar-refractivity contribution is 1.31. The normalized spacial score (nSPS) is 10.3. The third kappa shape index (κ3) is 2.94. The molecule has 17 heavy (non-hydrogen) atoms. The number of benzene rings is 1. The standard InChI is InChI=1S/C11H8Cl3N3/c12-6-1-2-10(8(13)3-6)17-11-9(14)4-7(15)5-16-11/h1-5H,15H2,(H,16,17). The highest BCUT2D eigenvalue weighted by atomic mass is 35.5. The predicted octanol–water partition coefficient (Wildman–Crippen LogP) is 4.37. The summed E-state index contributed by atoms with van der Waals surface area (Å²) in [5.41, 5.74) is 6.73. The number of hydrogen-bond acceptors (Lipinski definition) is 3. The van der Waals surface area contributed by atoms with Gasteiger partial charge in [0.2, 0.25) is 0 Å². The van der Waals surface area contributed by atoms with Crippen molar-refractivity contribution in [2.45, 2.75) is 0 Å². The lowest BCUT2D eigenvalue weighted by Crippen LogP contribution is -1.96. The number of nitrogen functional groups attached to an aromatic ring is 1. The summed E-state index contributed by atoms with van der Waals surface area (Å²) < 4.78 is 0. The van der Waals surface area contributed by atoms with Gasteiger partial charge >= 0.3 is 0 Å². The molecular weight excluding hydrogens is 281 g/mol. The van der Waals surface area contributed by atoms with Crippen molar-refractivity contribution in [1.82, 2.24) is 4.98 Å². The van der Waals surface area contributed by atoms with Gasteiger partial charge in [0.15, 0.2) is 0 Å². The summed E-state index contributed by atoms with van der Waals surface area (Å²) in [6, 6.07) is 6.72. The van der Waals surface area contributed by atoms with Crippen LogP contribution in [0.25, 0.3) is 0 Å². The fraction of sp³-hybridized carbons (Fsp3) is 0. The summed E-state index contributed by atoms with van der Waals surface area (Å²) in [7, 11) is 0.